The third-order valence-corrected chi connectivity index (χ3v) is 3.50. The van der Waals surface area contributed by atoms with Crippen molar-refractivity contribution >= 4 is 5.69 Å². The number of aryl methyl sites for hydroxylation is 1. The first kappa shape index (κ1) is 16.4. The maximum Gasteiger partial charge on any atom is 0.272 e. The number of phenols is 1. The van der Waals surface area contributed by atoms with Gasteiger partial charge in [0, 0.05) is 17.2 Å². The van der Waals surface area contributed by atoms with E-state index in [0.29, 0.717) is 17.5 Å². The van der Waals surface area contributed by atoms with Gasteiger partial charge in [-0.1, -0.05) is 13.3 Å². The Morgan fingerprint density at radius 1 is 1.40 bits per heavy atom. The number of aliphatic hydroxyl groups is 1. The van der Waals surface area contributed by atoms with Crippen LogP contribution in [0.25, 0.3) is 0 Å². The molecule has 1 atom stereocenters. The molecule has 1 rings (SSSR count). The molecular formula is C15H23NO4. The van der Waals surface area contributed by atoms with Crippen molar-refractivity contribution in [3.8, 4) is 5.75 Å². The van der Waals surface area contributed by atoms with Crippen molar-refractivity contribution < 1.29 is 15.1 Å². The number of hydrogen-bond acceptors (Lipinski definition) is 4. The highest BCUT2D eigenvalue weighted by atomic mass is 16.6. The smallest absolute Gasteiger partial charge is 0.272 e. The standard InChI is InChI=1S/C15H23NO4/c1-10(6-5-7-15(3,4)18)12-9-13(16(19)20)11(2)8-14(12)17/h8-10,17-18H,5-7H2,1-4H3/t10-/m0/s1. The Hall–Kier alpha value is -1.62. The lowest BCUT2D eigenvalue weighted by Gasteiger charge is -2.19. The van der Waals surface area contributed by atoms with Gasteiger partial charge in [-0.3, -0.25) is 10.1 Å². The van der Waals surface area contributed by atoms with Gasteiger partial charge in [0.2, 0.25) is 0 Å². The average molecular weight is 281 g/mol. The fourth-order valence-electron chi connectivity index (χ4n) is 2.29. The first-order valence-electron chi connectivity index (χ1n) is 6.82. The Kier molecular flexibility index (Phi) is 5.11. The molecule has 2 N–H and O–H groups in total. The number of nitro groups is 1. The van der Waals surface area contributed by atoms with Crippen LogP contribution in [0.1, 0.15) is 57.1 Å². The molecule has 20 heavy (non-hydrogen) atoms. The molecule has 0 saturated carbocycles. The topological polar surface area (TPSA) is 83.6 Å². The lowest BCUT2D eigenvalue weighted by molar-refractivity contribution is -0.385. The summed E-state index contributed by atoms with van der Waals surface area (Å²) in [5.74, 6) is 0.112. The summed E-state index contributed by atoms with van der Waals surface area (Å²) in [6, 6.07) is 2.90. The molecular weight excluding hydrogens is 258 g/mol. The molecule has 0 spiro atoms. The van der Waals surface area contributed by atoms with Crippen molar-refractivity contribution in [1.82, 2.24) is 0 Å². The summed E-state index contributed by atoms with van der Waals surface area (Å²) in [6.45, 7) is 7.05. The highest BCUT2D eigenvalue weighted by Gasteiger charge is 2.19. The third-order valence-electron chi connectivity index (χ3n) is 3.50. The van der Waals surface area contributed by atoms with E-state index in [-0.39, 0.29) is 17.4 Å². The molecule has 0 amide bonds. The summed E-state index contributed by atoms with van der Waals surface area (Å²) in [6.07, 6.45) is 2.22. The monoisotopic (exact) mass is 281 g/mol. The summed E-state index contributed by atoms with van der Waals surface area (Å²) in [4.78, 5) is 10.5. The SMILES string of the molecule is Cc1cc(O)c([C@@H](C)CCCC(C)(C)O)cc1[N+](=O)[O-]. The minimum Gasteiger partial charge on any atom is -0.508 e. The van der Waals surface area contributed by atoms with Gasteiger partial charge in [0.25, 0.3) is 5.69 Å². The molecule has 0 radical (unpaired) electrons. The Morgan fingerprint density at radius 3 is 2.50 bits per heavy atom. The average Bonchev–Trinajstić information content (AvgIpc) is 2.26. The third kappa shape index (κ3) is 4.49. The van der Waals surface area contributed by atoms with Gasteiger partial charge in [-0.2, -0.15) is 0 Å². The van der Waals surface area contributed by atoms with E-state index in [1.165, 1.54) is 12.1 Å². The van der Waals surface area contributed by atoms with Crippen LogP contribution in [-0.2, 0) is 0 Å². The molecule has 0 unspecified atom stereocenters. The van der Waals surface area contributed by atoms with Crippen LogP contribution in [-0.4, -0.2) is 20.7 Å². The molecule has 0 fully saturated rings. The molecule has 0 aliphatic rings. The van der Waals surface area contributed by atoms with E-state index >= 15 is 0 Å². The zero-order valence-electron chi connectivity index (χ0n) is 12.5. The normalized spacial score (nSPS) is 13.2. The summed E-state index contributed by atoms with van der Waals surface area (Å²) in [7, 11) is 0. The van der Waals surface area contributed by atoms with E-state index in [1.807, 2.05) is 6.92 Å². The molecule has 112 valence electrons. The fraction of sp³-hybridized carbons (Fsp3) is 0.600. The predicted molar refractivity (Wildman–Crippen MR) is 78.1 cm³/mol. The minimum atomic E-state index is -0.707. The quantitative estimate of drug-likeness (QED) is 0.615. The van der Waals surface area contributed by atoms with E-state index in [2.05, 4.69) is 0 Å². The second-order valence-electron chi connectivity index (χ2n) is 6.06. The molecule has 5 nitrogen and oxygen atoms in total. The van der Waals surface area contributed by atoms with E-state index in [9.17, 15) is 20.3 Å². The van der Waals surface area contributed by atoms with Crippen molar-refractivity contribution in [2.24, 2.45) is 0 Å². The van der Waals surface area contributed by atoms with Crippen LogP contribution in [0.5, 0.6) is 5.75 Å². The number of nitrogens with zero attached hydrogens (tertiary/aromatic N) is 1. The second-order valence-corrected chi connectivity index (χ2v) is 6.06. The van der Waals surface area contributed by atoms with Gasteiger partial charge < -0.3 is 10.2 Å². The molecule has 1 aromatic rings. The molecule has 1 aromatic carbocycles. The van der Waals surface area contributed by atoms with Gasteiger partial charge in [-0.25, -0.2) is 0 Å². The van der Waals surface area contributed by atoms with Crippen molar-refractivity contribution in [2.75, 3.05) is 0 Å². The maximum absolute atomic E-state index is 10.9. The number of aromatic hydroxyl groups is 1. The van der Waals surface area contributed by atoms with Gasteiger partial charge >= 0.3 is 0 Å². The van der Waals surface area contributed by atoms with E-state index in [0.717, 1.165) is 12.8 Å². The number of hydrogen-bond donors (Lipinski definition) is 2. The fourth-order valence-corrected chi connectivity index (χ4v) is 2.29. The van der Waals surface area contributed by atoms with Gasteiger partial charge in [0.1, 0.15) is 5.75 Å². The van der Waals surface area contributed by atoms with Gasteiger partial charge in [-0.05, 0) is 45.6 Å². The lowest BCUT2D eigenvalue weighted by Crippen LogP contribution is -2.18. The number of phenolic OH excluding ortho intramolecular Hbond substituents is 1. The van der Waals surface area contributed by atoms with Crippen LogP contribution >= 0.6 is 0 Å². The number of nitro benzene ring substituents is 1. The zero-order chi connectivity index (χ0) is 15.5. The number of benzene rings is 1. The second kappa shape index (κ2) is 6.22. The van der Waals surface area contributed by atoms with Crippen LogP contribution in [0, 0.1) is 17.0 Å². The largest absolute Gasteiger partial charge is 0.508 e. The van der Waals surface area contributed by atoms with Crippen molar-refractivity contribution in [1.29, 1.82) is 0 Å². The molecule has 5 heteroatoms. The van der Waals surface area contributed by atoms with Gasteiger partial charge in [0.15, 0.2) is 0 Å². The van der Waals surface area contributed by atoms with E-state index in [1.54, 1.807) is 20.8 Å². The zero-order valence-corrected chi connectivity index (χ0v) is 12.5. The first-order valence-corrected chi connectivity index (χ1v) is 6.82. The van der Waals surface area contributed by atoms with E-state index < -0.39 is 10.5 Å². The van der Waals surface area contributed by atoms with Gasteiger partial charge in [0.05, 0.1) is 10.5 Å². The molecule has 0 aliphatic carbocycles. The Labute approximate surface area is 119 Å². The maximum atomic E-state index is 10.9. The predicted octanol–water partition coefficient (Wildman–Crippen LogP) is 3.65. The molecule has 0 aliphatic heterocycles. The Bertz CT molecular complexity index is 491. The van der Waals surface area contributed by atoms with Crippen LogP contribution in [0.4, 0.5) is 5.69 Å². The van der Waals surface area contributed by atoms with Crippen molar-refractivity contribution in [3.63, 3.8) is 0 Å². The first-order chi connectivity index (χ1) is 9.11. The minimum absolute atomic E-state index is 0.0108. The summed E-state index contributed by atoms with van der Waals surface area (Å²) in [5, 5.41) is 30.6. The van der Waals surface area contributed by atoms with Crippen LogP contribution in [0.15, 0.2) is 12.1 Å². The highest BCUT2D eigenvalue weighted by Crippen LogP contribution is 2.35. The van der Waals surface area contributed by atoms with Crippen LogP contribution < -0.4 is 0 Å². The Morgan fingerprint density at radius 2 is 2.00 bits per heavy atom. The molecule has 0 bridgehead atoms. The molecule has 0 saturated heterocycles. The van der Waals surface area contributed by atoms with E-state index in [4.69, 9.17) is 0 Å². The van der Waals surface area contributed by atoms with Crippen molar-refractivity contribution in [2.45, 2.75) is 58.5 Å². The summed E-state index contributed by atoms with van der Waals surface area (Å²) >= 11 is 0. The molecule has 0 aromatic heterocycles. The highest BCUT2D eigenvalue weighted by molar-refractivity contribution is 5.50. The number of rotatable bonds is 6. The summed E-state index contributed by atoms with van der Waals surface area (Å²) < 4.78 is 0. The lowest BCUT2D eigenvalue weighted by atomic mass is 9.91. The van der Waals surface area contributed by atoms with Crippen molar-refractivity contribution in [3.05, 3.63) is 33.4 Å². The molecule has 0 heterocycles. The Balaban J connectivity index is 2.85. The summed E-state index contributed by atoms with van der Waals surface area (Å²) in [5.41, 5.74) is 0.381. The van der Waals surface area contributed by atoms with Gasteiger partial charge in [-0.15, -0.1) is 0 Å². The van der Waals surface area contributed by atoms with Crippen LogP contribution in [0.2, 0.25) is 0 Å². The van der Waals surface area contributed by atoms with Crippen LogP contribution in [0.3, 0.4) is 0 Å².